The van der Waals surface area contributed by atoms with Crippen molar-refractivity contribution in [2.24, 2.45) is 0 Å². The Morgan fingerprint density at radius 1 is 1.41 bits per heavy atom. The van der Waals surface area contributed by atoms with Crippen molar-refractivity contribution < 1.29 is 4.79 Å². The second-order valence-electron chi connectivity index (χ2n) is 4.59. The number of halogens is 1. The quantitative estimate of drug-likeness (QED) is 0.801. The van der Waals surface area contributed by atoms with Crippen LogP contribution in [0, 0.1) is 0 Å². The Hall–Kier alpha value is -0.900. The third kappa shape index (κ3) is 2.86. The second kappa shape index (κ2) is 5.63. The Morgan fingerprint density at radius 2 is 2.12 bits per heavy atom. The number of aldehydes is 1. The Morgan fingerprint density at radius 3 is 2.76 bits per heavy atom. The summed E-state index contributed by atoms with van der Waals surface area (Å²) in [6.45, 7) is 0. The van der Waals surface area contributed by atoms with E-state index in [1.54, 1.807) is 6.20 Å². The van der Waals surface area contributed by atoms with Crippen molar-refractivity contribution in [1.82, 2.24) is 4.98 Å². The number of carbonyl (C=O) groups excluding carboxylic acids is 1. The lowest BCUT2D eigenvalue weighted by Gasteiger charge is -2.32. The minimum Gasteiger partial charge on any atom is -0.356 e. The van der Waals surface area contributed by atoms with Crippen LogP contribution < -0.4 is 4.90 Å². The average Bonchev–Trinajstić information content (AvgIpc) is 2.39. The van der Waals surface area contributed by atoms with Crippen molar-refractivity contribution in [2.45, 2.75) is 38.1 Å². The van der Waals surface area contributed by atoms with Crippen LogP contribution >= 0.6 is 15.9 Å². The highest BCUT2D eigenvalue weighted by molar-refractivity contribution is 9.10. The van der Waals surface area contributed by atoms with Gasteiger partial charge in [0.05, 0.1) is 5.56 Å². The van der Waals surface area contributed by atoms with Crippen molar-refractivity contribution in [3.05, 3.63) is 22.3 Å². The normalized spacial score (nSPS) is 16.8. The van der Waals surface area contributed by atoms with Gasteiger partial charge in [0.2, 0.25) is 0 Å². The first kappa shape index (κ1) is 12.6. The maximum Gasteiger partial charge on any atom is 0.153 e. The molecule has 0 aromatic carbocycles. The topological polar surface area (TPSA) is 33.2 Å². The van der Waals surface area contributed by atoms with E-state index >= 15 is 0 Å². The number of hydrogen-bond acceptors (Lipinski definition) is 3. The molecule has 1 heterocycles. The molecule has 0 spiro atoms. The van der Waals surface area contributed by atoms with Crippen LogP contribution in [0.15, 0.2) is 16.7 Å². The molecule has 0 amide bonds. The highest BCUT2D eigenvalue weighted by atomic mass is 79.9. The molecule has 3 nitrogen and oxygen atoms in total. The van der Waals surface area contributed by atoms with Crippen molar-refractivity contribution in [1.29, 1.82) is 0 Å². The molecule has 1 saturated carbocycles. The van der Waals surface area contributed by atoms with Crippen molar-refractivity contribution >= 4 is 28.0 Å². The molecule has 2 rings (SSSR count). The monoisotopic (exact) mass is 296 g/mol. The molecule has 0 unspecified atom stereocenters. The van der Waals surface area contributed by atoms with Crippen LogP contribution in [0.4, 0.5) is 5.82 Å². The molecule has 0 bridgehead atoms. The van der Waals surface area contributed by atoms with Crippen molar-refractivity contribution in [2.75, 3.05) is 11.9 Å². The lowest BCUT2D eigenvalue weighted by Crippen LogP contribution is -2.34. The summed E-state index contributed by atoms with van der Waals surface area (Å²) >= 11 is 3.34. The molecular formula is C13H17BrN2O. The van der Waals surface area contributed by atoms with Crippen molar-refractivity contribution in [3.63, 3.8) is 0 Å². The molecular weight excluding hydrogens is 280 g/mol. The predicted octanol–water partition coefficient (Wildman–Crippen LogP) is 3.43. The second-order valence-corrected chi connectivity index (χ2v) is 5.50. The first-order valence-electron chi connectivity index (χ1n) is 6.06. The number of nitrogens with zero attached hydrogens (tertiary/aromatic N) is 2. The van der Waals surface area contributed by atoms with Crippen LogP contribution in [-0.4, -0.2) is 24.4 Å². The van der Waals surface area contributed by atoms with E-state index in [1.807, 2.05) is 13.1 Å². The van der Waals surface area contributed by atoms with Crippen LogP contribution in [0.2, 0.25) is 0 Å². The molecule has 1 aromatic heterocycles. The summed E-state index contributed by atoms with van der Waals surface area (Å²) in [5, 5.41) is 0. The maximum atomic E-state index is 11.1. The molecule has 0 aliphatic heterocycles. The highest BCUT2D eigenvalue weighted by Crippen LogP contribution is 2.27. The zero-order valence-corrected chi connectivity index (χ0v) is 11.6. The fraction of sp³-hybridized carbons (Fsp3) is 0.538. The molecule has 0 saturated heterocycles. The van der Waals surface area contributed by atoms with Gasteiger partial charge in [-0.2, -0.15) is 0 Å². The minimum atomic E-state index is 0.524. The Labute approximate surface area is 110 Å². The van der Waals surface area contributed by atoms with E-state index < -0.39 is 0 Å². The Kier molecular flexibility index (Phi) is 4.15. The van der Waals surface area contributed by atoms with Gasteiger partial charge in [-0.05, 0) is 34.8 Å². The molecule has 0 radical (unpaired) electrons. The number of aromatic nitrogens is 1. The fourth-order valence-corrected chi connectivity index (χ4v) is 2.82. The van der Waals surface area contributed by atoms with Gasteiger partial charge in [-0.1, -0.05) is 19.3 Å². The Balaban J connectivity index is 2.22. The van der Waals surface area contributed by atoms with Gasteiger partial charge in [0, 0.05) is 23.8 Å². The zero-order chi connectivity index (χ0) is 12.3. The number of carbonyl (C=O) groups is 1. The van der Waals surface area contributed by atoms with Gasteiger partial charge in [0.25, 0.3) is 0 Å². The average molecular weight is 297 g/mol. The van der Waals surface area contributed by atoms with Crippen LogP contribution in [0.1, 0.15) is 42.5 Å². The number of rotatable bonds is 3. The van der Waals surface area contributed by atoms with E-state index in [2.05, 4.69) is 25.8 Å². The van der Waals surface area contributed by atoms with Crippen LogP contribution in [-0.2, 0) is 0 Å². The summed E-state index contributed by atoms with van der Waals surface area (Å²) in [6, 6.07) is 2.35. The molecule has 0 atom stereocenters. The Bertz CT molecular complexity index is 402. The van der Waals surface area contributed by atoms with Gasteiger partial charge in [-0.25, -0.2) is 4.98 Å². The summed E-state index contributed by atoms with van der Waals surface area (Å²) in [7, 11) is 2.04. The minimum absolute atomic E-state index is 0.524. The van der Waals surface area contributed by atoms with E-state index in [1.165, 1.54) is 32.1 Å². The van der Waals surface area contributed by atoms with E-state index in [0.717, 1.165) is 16.6 Å². The molecule has 17 heavy (non-hydrogen) atoms. The van der Waals surface area contributed by atoms with Crippen LogP contribution in [0.5, 0.6) is 0 Å². The van der Waals surface area contributed by atoms with Crippen molar-refractivity contribution in [3.8, 4) is 0 Å². The van der Waals surface area contributed by atoms with Crippen LogP contribution in [0.25, 0.3) is 0 Å². The highest BCUT2D eigenvalue weighted by Gasteiger charge is 2.21. The first-order valence-corrected chi connectivity index (χ1v) is 6.85. The lowest BCUT2D eigenvalue weighted by molar-refractivity contribution is 0.112. The number of anilines is 1. The number of hydrogen-bond donors (Lipinski definition) is 0. The third-order valence-corrected chi connectivity index (χ3v) is 3.88. The molecule has 4 heteroatoms. The molecule has 1 fully saturated rings. The van der Waals surface area contributed by atoms with Gasteiger partial charge in [0.15, 0.2) is 6.29 Å². The smallest absolute Gasteiger partial charge is 0.153 e. The van der Waals surface area contributed by atoms with Gasteiger partial charge in [-0.3, -0.25) is 4.79 Å². The lowest BCUT2D eigenvalue weighted by atomic mass is 9.94. The molecule has 1 aliphatic carbocycles. The fourth-order valence-electron chi connectivity index (χ4n) is 2.47. The van der Waals surface area contributed by atoms with Crippen LogP contribution in [0.3, 0.4) is 0 Å². The maximum absolute atomic E-state index is 11.1. The molecule has 1 aliphatic rings. The van der Waals surface area contributed by atoms with Gasteiger partial charge in [0.1, 0.15) is 5.82 Å². The summed E-state index contributed by atoms with van der Waals surface area (Å²) in [5.41, 5.74) is 0.660. The first-order chi connectivity index (χ1) is 8.22. The number of pyridine rings is 1. The SMILES string of the molecule is CN(c1ncc(Br)cc1C=O)C1CCCCC1. The zero-order valence-electron chi connectivity index (χ0n) is 10.0. The van der Waals surface area contributed by atoms with E-state index in [4.69, 9.17) is 0 Å². The predicted molar refractivity (Wildman–Crippen MR) is 72.6 cm³/mol. The van der Waals surface area contributed by atoms with E-state index in [0.29, 0.717) is 11.6 Å². The van der Waals surface area contributed by atoms with E-state index in [-0.39, 0.29) is 0 Å². The summed E-state index contributed by atoms with van der Waals surface area (Å²) in [4.78, 5) is 17.6. The third-order valence-electron chi connectivity index (χ3n) is 3.45. The van der Waals surface area contributed by atoms with Gasteiger partial charge in [-0.15, -0.1) is 0 Å². The van der Waals surface area contributed by atoms with E-state index in [9.17, 15) is 4.79 Å². The molecule has 0 N–H and O–H groups in total. The largest absolute Gasteiger partial charge is 0.356 e. The summed E-state index contributed by atoms with van der Waals surface area (Å²) in [5.74, 6) is 0.801. The summed E-state index contributed by atoms with van der Waals surface area (Å²) in [6.07, 6.45) is 8.93. The van der Waals surface area contributed by atoms with Gasteiger partial charge >= 0.3 is 0 Å². The molecule has 1 aromatic rings. The van der Waals surface area contributed by atoms with Gasteiger partial charge < -0.3 is 4.90 Å². The summed E-state index contributed by atoms with van der Waals surface area (Å²) < 4.78 is 0.848. The molecule has 92 valence electrons. The standard InChI is InChI=1S/C13H17BrN2O/c1-16(12-5-3-2-4-6-12)13-10(9-17)7-11(14)8-15-13/h7-9,12H,2-6H2,1H3.